The Morgan fingerprint density at radius 3 is 2.63 bits per heavy atom. The first kappa shape index (κ1) is 19.8. The maximum absolute atomic E-state index is 12.6. The van der Waals surface area contributed by atoms with E-state index >= 15 is 0 Å². The van der Waals surface area contributed by atoms with Crippen molar-refractivity contribution in [2.75, 3.05) is 7.11 Å². The topological polar surface area (TPSA) is 52.5 Å². The van der Waals surface area contributed by atoms with Crippen molar-refractivity contribution < 1.29 is 35.7 Å². The van der Waals surface area contributed by atoms with Crippen molar-refractivity contribution in [3.8, 4) is 11.5 Å². The van der Waals surface area contributed by atoms with Crippen LogP contribution in [0.15, 0.2) is 85.5 Å². The van der Waals surface area contributed by atoms with E-state index in [9.17, 15) is 4.79 Å². The number of rotatable bonds is 3. The lowest BCUT2D eigenvalue weighted by atomic mass is 10.1. The predicted octanol–water partition coefficient (Wildman–Crippen LogP) is 1.36. The average Bonchev–Trinajstić information content (AvgIpc) is 2.78. The molecule has 5 rings (SSSR count). The maximum atomic E-state index is 12.6. The van der Waals surface area contributed by atoms with Gasteiger partial charge in [-0.15, -0.1) is 0 Å². The molecule has 0 spiro atoms. The Bertz CT molecular complexity index is 1390. The van der Waals surface area contributed by atoms with Crippen molar-refractivity contribution in [2.45, 2.75) is 0 Å². The molecule has 0 saturated heterocycles. The number of aromatic nitrogens is 2. The Labute approximate surface area is 183 Å². The highest BCUT2D eigenvalue weighted by atomic mass is 79.9. The van der Waals surface area contributed by atoms with Crippen molar-refractivity contribution in [3.05, 3.63) is 91.0 Å². The first-order chi connectivity index (χ1) is 14.2. The van der Waals surface area contributed by atoms with Gasteiger partial charge in [-0.05, 0) is 41.1 Å². The summed E-state index contributed by atoms with van der Waals surface area (Å²) in [6, 6.07) is 19.6. The van der Waals surface area contributed by atoms with Crippen LogP contribution in [0.4, 0.5) is 0 Å². The molecular weight excluding hydrogens is 444 g/mol. The highest BCUT2D eigenvalue weighted by Gasteiger charge is 2.19. The van der Waals surface area contributed by atoms with Gasteiger partial charge in [-0.25, -0.2) is 4.79 Å². The molecule has 0 atom stereocenters. The van der Waals surface area contributed by atoms with Crippen LogP contribution in [0.3, 0.4) is 0 Å². The zero-order valence-corrected chi connectivity index (χ0v) is 17.7. The average molecular weight is 461 g/mol. The molecule has 5 aromatic rings. The Kier molecular flexibility index (Phi) is 5.33. The van der Waals surface area contributed by atoms with Crippen molar-refractivity contribution in [2.24, 2.45) is 0 Å². The Hall–Kier alpha value is -3.51. The van der Waals surface area contributed by atoms with Crippen LogP contribution in [0.5, 0.6) is 11.5 Å². The third-order valence-electron chi connectivity index (χ3n) is 5.00. The molecule has 0 N–H and O–H groups in total. The minimum atomic E-state index is -0.479. The molecule has 148 valence electrons. The maximum Gasteiger partial charge on any atom is 0.345 e. The van der Waals surface area contributed by atoms with Gasteiger partial charge in [0.2, 0.25) is 5.52 Å². The highest BCUT2D eigenvalue weighted by molar-refractivity contribution is 6.00. The van der Waals surface area contributed by atoms with Crippen molar-refractivity contribution in [3.63, 3.8) is 0 Å². The molecule has 3 aromatic heterocycles. The summed E-state index contributed by atoms with van der Waals surface area (Å²) >= 11 is 0. The molecule has 5 nitrogen and oxygen atoms in total. The molecule has 0 bridgehead atoms. The molecule has 0 radical (unpaired) electrons. The number of esters is 1. The summed E-state index contributed by atoms with van der Waals surface area (Å²) in [5, 5.41) is 4.07. The lowest BCUT2D eigenvalue weighted by Crippen LogP contribution is -3.00. The molecule has 6 heteroatoms. The fourth-order valence-electron chi connectivity index (χ4n) is 3.56. The van der Waals surface area contributed by atoms with Gasteiger partial charge in [0.15, 0.2) is 23.9 Å². The number of ether oxygens (including phenoxy) is 2. The minimum Gasteiger partial charge on any atom is -1.00 e. The second kappa shape index (κ2) is 8.08. The summed E-state index contributed by atoms with van der Waals surface area (Å²) in [6.07, 6.45) is 7.06. The largest absolute Gasteiger partial charge is 1.00 e. The van der Waals surface area contributed by atoms with Gasteiger partial charge in [0.1, 0.15) is 0 Å². The zero-order chi connectivity index (χ0) is 19.8. The monoisotopic (exact) mass is 460 g/mol. The molecule has 0 saturated carbocycles. The molecule has 0 unspecified atom stereocenters. The zero-order valence-electron chi connectivity index (χ0n) is 16.1. The molecule has 0 aliphatic heterocycles. The van der Waals surface area contributed by atoms with E-state index in [-0.39, 0.29) is 17.0 Å². The lowest BCUT2D eigenvalue weighted by Gasteiger charge is -2.11. The van der Waals surface area contributed by atoms with E-state index in [1.165, 1.54) is 11.6 Å². The van der Waals surface area contributed by atoms with Gasteiger partial charge in [0.25, 0.3) is 0 Å². The van der Waals surface area contributed by atoms with Gasteiger partial charge in [-0.3, -0.25) is 4.98 Å². The summed E-state index contributed by atoms with van der Waals surface area (Å²) in [5.74, 6) is 0.407. The summed E-state index contributed by atoms with van der Waals surface area (Å²) in [6.45, 7) is 0. The fraction of sp³-hybridized carbons (Fsp3) is 0.0417. The normalized spacial score (nSPS) is 10.7. The number of hydrogen-bond donors (Lipinski definition) is 0. The SMILES string of the molecule is COc1ccc2cc3c4ccccc4cc[n+]3cc2c1OC(=O)c1cccnc1.[Br-]. The van der Waals surface area contributed by atoms with Crippen LogP contribution in [0.25, 0.3) is 27.1 Å². The summed E-state index contributed by atoms with van der Waals surface area (Å²) in [5.41, 5.74) is 1.45. The molecule has 30 heavy (non-hydrogen) atoms. The first-order valence-electron chi connectivity index (χ1n) is 9.20. The van der Waals surface area contributed by atoms with Gasteiger partial charge < -0.3 is 26.5 Å². The number of benzene rings is 2. The van der Waals surface area contributed by atoms with E-state index in [0.29, 0.717) is 17.1 Å². The van der Waals surface area contributed by atoms with Crippen LogP contribution in [0.1, 0.15) is 10.4 Å². The third kappa shape index (κ3) is 3.35. The van der Waals surface area contributed by atoms with E-state index < -0.39 is 5.97 Å². The Balaban J connectivity index is 0.00000218. The number of carbonyl (C=O) groups excluding carboxylic acids is 1. The molecule has 3 heterocycles. The van der Waals surface area contributed by atoms with E-state index in [2.05, 4.69) is 29.2 Å². The Morgan fingerprint density at radius 2 is 1.83 bits per heavy atom. The van der Waals surface area contributed by atoms with E-state index in [1.807, 2.05) is 41.1 Å². The van der Waals surface area contributed by atoms with Gasteiger partial charge in [-0.2, -0.15) is 4.40 Å². The standard InChI is InChI=1S/C24H17N2O3.BrH/c1-28-22-9-8-17-13-21-19-7-3-2-5-16(19)10-12-26(21)15-20(17)23(22)29-24(27)18-6-4-11-25-14-18;/h2-15H,1H3;1H/q+1;/p-1. The summed E-state index contributed by atoms with van der Waals surface area (Å²) in [4.78, 5) is 16.6. The lowest BCUT2D eigenvalue weighted by molar-refractivity contribution is -0.509. The van der Waals surface area contributed by atoms with Crippen LogP contribution in [0.2, 0.25) is 0 Å². The van der Waals surface area contributed by atoms with Crippen molar-refractivity contribution in [1.29, 1.82) is 0 Å². The Morgan fingerprint density at radius 1 is 0.967 bits per heavy atom. The van der Waals surface area contributed by atoms with E-state index in [4.69, 9.17) is 9.47 Å². The van der Waals surface area contributed by atoms with Crippen molar-refractivity contribution in [1.82, 2.24) is 4.98 Å². The van der Waals surface area contributed by atoms with Crippen LogP contribution in [0, 0.1) is 0 Å². The second-order valence-electron chi connectivity index (χ2n) is 6.70. The number of methoxy groups -OCH3 is 1. The van der Waals surface area contributed by atoms with Crippen LogP contribution >= 0.6 is 0 Å². The summed E-state index contributed by atoms with van der Waals surface area (Å²) in [7, 11) is 1.56. The highest BCUT2D eigenvalue weighted by Crippen LogP contribution is 2.36. The number of halogens is 1. The molecular formula is C24H17BrN2O3. The second-order valence-corrected chi connectivity index (χ2v) is 6.70. The number of carbonyl (C=O) groups is 1. The number of pyridine rings is 3. The van der Waals surface area contributed by atoms with Gasteiger partial charge in [0, 0.05) is 24.5 Å². The number of nitrogens with zero attached hydrogens (tertiary/aromatic N) is 2. The van der Waals surface area contributed by atoms with Crippen LogP contribution < -0.4 is 30.9 Å². The van der Waals surface area contributed by atoms with Gasteiger partial charge in [-0.1, -0.05) is 18.2 Å². The molecule has 0 amide bonds. The minimum absolute atomic E-state index is 0. The number of hydrogen-bond acceptors (Lipinski definition) is 4. The van der Waals surface area contributed by atoms with Crippen molar-refractivity contribution >= 4 is 33.0 Å². The number of fused-ring (bicyclic) bond motifs is 4. The van der Waals surface area contributed by atoms with E-state index in [1.54, 1.807) is 25.4 Å². The van der Waals surface area contributed by atoms with E-state index in [0.717, 1.165) is 21.7 Å². The third-order valence-corrected chi connectivity index (χ3v) is 5.00. The molecule has 0 aliphatic carbocycles. The molecule has 0 fully saturated rings. The first-order valence-corrected chi connectivity index (χ1v) is 9.20. The summed E-state index contributed by atoms with van der Waals surface area (Å²) < 4.78 is 13.3. The smallest absolute Gasteiger partial charge is 0.345 e. The molecule has 2 aromatic carbocycles. The predicted molar refractivity (Wildman–Crippen MR) is 110 cm³/mol. The van der Waals surface area contributed by atoms with Gasteiger partial charge in [0.05, 0.1) is 23.4 Å². The van der Waals surface area contributed by atoms with Crippen LogP contribution in [-0.2, 0) is 0 Å². The fourth-order valence-corrected chi connectivity index (χ4v) is 3.56. The molecule has 0 aliphatic rings. The van der Waals surface area contributed by atoms with Gasteiger partial charge >= 0.3 is 5.97 Å². The van der Waals surface area contributed by atoms with Crippen LogP contribution in [-0.4, -0.2) is 18.1 Å². The quantitative estimate of drug-likeness (QED) is 0.134.